The summed E-state index contributed by atoms with van der Waals surface area (Å²) < 4.78 is 10.8. The maximum Gasteiger partial charge on any atom is 0.338 e. The fraction of sp³-hybridized carbons (Fsp3) is 0.235. The third-order valence-electron chi connectivity index (χ3n) is 2.86. The van der Waals surface area contributed by atoms with Crippen LogP contribution in [0, 0.1) is 0 Å². The highest BCUT2D eigenvalue weighted by atomic mass is 16.5. The summed E-state index contributed by atoms with van der Waals surface area (Å²) in [5.74, 6) is 0.400. The van der Waals surface area contributed by atoms with Gasteiger partial charge in [-0.15, -0.1) is 0 Å². The van der Waals surface area contributed by atoms with Crippen molar-refractivity contribution in [2.24, 2.45) is 0 Å². The highest BCUT2D eigenvalue weighted by Crippen LogP contribution is 2.16. The van der Waals surface area contributed by atoms with E-state index in [1.165, 1.54) is 0 Å². The summed E-state index contributed by atoms with van der Waals surface area (Å²) in [7, 11) is 0. The third-order valence-corrected chi connectivity index (χ3v) is 2.86. The van der Waals surface area contributed by atoms with Crippen LogP contribution in [0.1, 0.15) is 29.3 Å². The molecule has 0 aliphatic rings. The molecule has 110 valence electrons. The largest absolute Gasteiger partial charge is 0.489 e. The second kappa shape index (κ2) is 7.33. The molecule has 0 atom stereocenters. The topological polar surface area (TPSA) is 61.5 Å². The Balaban J connectivity index is 1.99. The van der Waals surface area contributed by atoms with Gasteiger partial charge in [0, 0.05) is 11.8 Å². The zero-order valence-electron chi connectivity index (χ0n) is 12.0. The average molecular weight is 285 g/mol. The van der Waals surface area contributed by atoms with Crippen molar-refractivity contribution in [3.63, 3.8) is 0 Å². The first kappa shape index (κ1) is 14.9. The summed E-state index contributed by atoms with van der Waals surface area (Å²) in [6.45, 7) is 2.77. The first-order valence-electron chi connectivity index (χ1n) is 6.93. The molecule has 0 saturated heterocycles. The Morgan fingerprint density at radius 1 is 1.14 bits per heavy atom. The van der Waals surface area contributed by atoms with Crippen LogP contribution >= 0.6 is 0 Å². The number of nitrogens with two attached hydrogens (primary N) is 1. The summed E-state index contributed by atoms with van der Waals surface area (Å²) in [6.07, 6.45) is 0.809. The lowest BCUT2D eigenvalue weighted by Gasteiger charge is -2.08. The molecule has 4 nitrogen and oxygen atoms in total. The van der Waals surface area contributed by atoms with Crippen LogP contribution in [-0.2, 0) is 11.3 Å². The Kier molecular flexibility index (Phi) is 5.21. The van der Waals surface area contributed by atoms with Crippen molar-refractivity contribution in [1.82, 2.24) is 0 Å². The number of benzene rings is 2. The predicted molar refractivity (Wildman–Crippen MR) is 82.2 cm³/mol. The molecule has 2 rings (SSSR count). The molecule has 2 N–H and O–H groups in total. The molecule has 0 aliphatic heterocycles. The number of rotatable bonds is 6. The van der Waals surface area contributed by atoms with Gasteiger partial charge in [0.1, 0.15) is 12.4 Å². The van der Waals surface area contributed by atoms with Gasteiger partial charge in [-0.2, -0.15) is 0 Å². The standard InChI is InChI=1S/C17H19NO3/c1-2-9-20-17(19)14-6-3-5-13(10-14)12-21-16-8-4-7-15(18)11-16/h3-8,10-11H,2,9,12,18H2,1H3. The van der Waals surface area contributed by atoms with Gasteiger partial charge in [-0.05, 0) is 36.2 Å². The van der Waals surface area contributed by atoms with E-state index in [1.807, 2.05) is 31.2 Å². The van der Waals surface area contributed by atoms with Crippen molar-refractivity contribution < 1.29 is 14.3 Å². The lowest BCUT2D eigenvalue weighted by atomic mass is 10.1. The molecule has 0 unspecified atom stereocenters. The smallest absolute Gasteiger partial charge is 0.338 e. The minimum Gasteiger partial charge on any atom is -0.489 e. The van der Waals surface area contributed by atoms with Gasteiger partial charge in [0.05, 0.1) is 12.2 Å². The van der Waals surface area contributed by atoms with Crippen LogP contribution in [-0.4, -0.2) is 12.6 Å². The molecular weight excluding hydrogens is 266 g/mol. The van der Waals surface area contributed by atoms with Gasteiger partial charge in [0.2, 0.25) is 0 Å². The van der Waals surface area contributed by atoms with Crippen molar-refractivity contribution in [2.75, 3.05) is 12.3 Å². The Morgan fingerprint density at radius 2 is 1.95 bits per heavy atom. The number of anilines is 1. The van der Waals surface area contributed by atoms with Gasteiger partial charge in [-0.25, -0.2) is 4.79 Å². The first-order valence-corrected chi connectivity index (χ1v) is 6.93. The van der Waals surface area contributed by atoms with Crippen molar-refractivity contribution in [2.45, 2.75) is 20.0 Å². The Hall–Kier alpha value is -2.49. The van der Waals surface area contributed by atoms with E-state index >= 15 is 0 Å². The maximum atomic E-state index is 11.8. The predicted octanol–water partition coefficient (Wildman–Crippen LogP) is 3.41. The number of nitrogen functional groups attached to an aromatic ring is 1. The van der Waals surface area contributed by atoms with Crippen molar-refractivity contribution in [1.29, 1.82) is 0 Å². The number of carbonyl (C=O) groups is 1. The molecule has 2 aromatic rings. The quantitative estimate of drug-likeness (QED) is 0.652. The molecule has 2 aromatic carbocycles. The fourth-order valence-electron chi connectivity index (χ4n) is 1.84. The SMILES string of the molecule is CCCOC(=O)c1cccc(COc2cccc(N)c2)c1. The van der Waals surface area contributed by atoms with E-state index in [4.69, 9.17) is 15.2 Å². The summed E-state index contributed by atoms with van der Waals surface area (Å²) in [5.41, 5.74) is 7.80. The van der Waals surface area contributed by atoms with Gasteiger partial charge < -0.3 is 15.2 Å². The number of ether oxygens (including phenoxy) is 2. The molecule has 0 bridgehead atoms. The minimum atomic E-state index is -0.303. The third kappa shape index (κ3) is 4.53. The summed E-state index contributed by atoms with van der Waals surface area (Å²) >= 11 is 0. The summed E-state index contributed by atoms with van der Waals surface area (Å²) in [4.78, 5) is 11.8. The van der Waals surface area contributed by atoms with Gasteiger partial charge in [-0.1, -0.05) is 25.1 Å². The van der Waals surface area contributed by atoms with Gasteiger partial charge in [0.25, 0.3) is 0 Å². The molecule has 0 heterocycles. The molecule has 0 spiro atoms. The van der Waals surface area contributed by atoms with E-state index in [1.54, 1.807) is 24.3 Å². The van der Waals surface area contributed by atoms with Crippen LogP contribution in [0.2, 0.25) is 0 Å². The van der Waals surface area contributed by atoms with Crippen LogP contribution < -0.4 is 10.5 Å². The average Bonchev–Trinajstić information content (AvgIpc) is 2.51. The zero-order chi connectivity index (χ0) is 15.1. The van der Waals surface area contributed by atoms with E-state index in [9.17, 15) is 4.79 Å². The molecular formula is C17H19NO3. The van der Waals surface area contributed by atoms with Gasteiger partial charge in [-0.3, -0.25) is 0 Å². The van der Waals surface area contributed by atoms with Gasteiger partial charge >= 0.3 is 5.97 Å². The maximum absolute atomic E-state index is 11.8. The summed E-state index contributed by atoms with van der Waals surface area (Å²) in [6, 6.07) is 14.5. The van der Waals surface area contributed by atoms with Crippen molar-refractivity contribution in [3.05, 3.63) is 59.7 Å². The van der Waals surface area contributed by atoms with Crippen molar-refractivity contribution in [3.8, 4) is 5.75 Å². The Labute approximate surface area is 124 Å². The van der Waals surface area contributed by atoms with E-state index in [2.05, 4.69) is 0 Å². The number of carbonyl (C=O) groups excluding carboxylic acids is 1. The molecule has 0 aliphatic carbocycles. The lowest BCUT2D eigenvalue weighted by molar-refractivity contribution is 0.0505. The molecule has 0 saturated carbocycles. The van der Waals surface area contributed by atoms with Crippen LogP contribution in [0.25, 0.3) is 0 Å². The van der Waals surface area contributed by atoms with Crippen LogP contribution in [0.15, 0.2) is 48.5 Å². The van der Waals surface area contributed by atoms with E-state index in [-0.39, 0.29) is 5.97 Å². The monoisotopic (exact) mass is 285 g/mol. The molecule has 4 heteroatoms. The fourth-order valence-corrected chi connectivity index (χ4v) is 1.84. The minimum absolute atomic E-state index is 0.303. The summed E-state index contributed by atoms with van der Waals surface area (Å²) in [5, 5.41) is 0. The van der Waals surface area contributed by atoms with E-state index in [0.29, 0.717) is 30.2 Å². The van der Waals surface area contributed by atoms with Crippen LogP contribution in [0.3, 0.4) is 0 Å². The molecule has 21 heavy (non-hydrogen) atoms. The Bertz CT molecular complexity index is 610. The van der Waals surface area contributed by atoms with E-state index < -0.39 is 0 Å². The van der Waals surface area contributed by atoms with Gasteiger partial charge in [0.15, 0.2) is 0 Å². The molecule has 0 amide bonds. The van der Waals surface area contributed by atoms with Crippen LogP contribution in [0.5, 0.6) is 5.75 Å². The second-order valence-electron chi connectivity index (χ2n) is 4.70. The molecule has 0 aromatic heterocycles. The number of esters is 1. The second-order valence-corrected chi connectivity index (χ2v) is 4.70. The van der Waals surface area contributed by atoms with Crippen molar-refractivity contribution >= 4 is 11.7 Å². The highest BCUT2D eigenvalue weighted by molar-refractivity contribution is 5.89. The highest BCUT2D eigenvalue weighted by Gasteiger charge is 2.07. The van der Waals surface area contributed by atoms with E-state index in [0.717, 1.165) is 12.0 Å². The number of hydrogen-bond donors (Lipinski definition) is 1. The molecule has 0 radical (unpaired) electrons. The Morgan fingerprint density at radius 3 is 2.71 bits per heavy atom. The first-order chi connectivity index (χ1) is 10.2. The normalized spacial score (nSPS) is 10.1. The number of hydrogen-bond acceptors (Lipinski definition) is 4. The lowest BCUT2D eigenvalue weighted by Crippen LogP contribution is -2.06. The van der Waals surface area contributed by atoms with Crippen LogP contribution in [0.4, 0.5) is 5.69 Å². The molecule has 0 fully saturated rings. The zero-order valence-corrected chi connectivity index (χ0v) is 12.0.